The molecule has 0 unspecified atom stereocenters. The van der Waals surface area contributed by atoms with Crippen LogP contribution in [0.15, 0.2) is 23.3 Å². The van der Waals surface area contributed by atoms with Crippen molar-refractivity contribution in [3.63, 3.8) is 0 Å². The molecule has 7 heavy (non-hydrogen) atoms. The van der Waals surface area contributed by atoms with E-state index in [9.17, 15) is 0 Å². The zero-order valence-corrected chi connectivity index (χ0v) is 6.03. The highest BCUT2D eigenvalue weighted by Gasteiger charge is 1.59. The minimum atomic E-state index is 0.306. The van der Waals surface area contributed by atoms with Crippen LogP contribution in [0, 0.1) is 0 Å². The standard InChI is InChI=1S/C3H3NO.H4OSi/c1-2-5-3-4-1;1-2/h1-3H;1H,2H3. The first-order chi connectivity index (χ1) is 3.50. The predicted octanol–water partition coefficient (Wildman–Crippen LogP) is -1.07. The molecule has 0 saturated carbocycles. The molecular weight excluding hydrogens is 110 g/mol. The normalized spacial score (nSPS) is 7.00. The van der Waals surface area contributed by atoms with E-state index in [-0.39, 0.29) is 0 Å². The van der Waals surface area contributed by atoms with Crippen molar-refractivity contribution in [3.05, 3.63) is 18.9 Å². The maximum Gasteiger partial charge on any atom is 0.180 e. The van der Waals surface area contributed by atoms with E-state index in [0.717, 1.165) is 0 Å². The Balaban J connectivity index is 0.000000162. The van der Waals surface area contributed by atoms with Crippen LogP contribution in [0.1, 0.15) is 0 Å². The molecule has 0 spiro atoms. The second-order valence-corrected chi connectivity index (χ2v) is 0.676. The van der Waals surface area contributed by atoms with Crippen molar-refractivity contribution in [1.82, 2.24) is 4.98 Å². The summed E-state index contributed by atoms with van der Waals surface area (Å²) in [5.74, 6) is 0. The van der Waals surface area contributed by atoms with Gasteiger partial charge in [-0.15, -0.1) is 0 Å². The van der Waals surface area contributed by atoms with Gasteiger partial charge in [0, 0.05) is 0 Å². The van der Waals surface area contributed by atoms with Crippen molar-refractivity contribution >= 4 is 10.5 Å². The van der Waals surface area contributed by atoms with E-state index in [1.54, 1.807) is 6.20 Å². The third kappa shape index (κ3) is 3.21. The minimum absolute atomic E-state index is 0.306. The SMILES string of the molecule is O[SiH3].c1cocn1. The molecule has 0 amide bonds. The summed E-state index contributed by atoms with van der Waals surface area (Å²) < 4.78 is 4.47. The third-order valence-corrected chi connectivity index (χ3v) is 0.347. The Hall–Kier alpha value is -0.613. The highest BCUT2D eigenvalue weighted by molar-refractivity contribution is 5.95. The third-order valence-electron chi connectivity index (χ3n) is 0.347. The summed E-state index contributed by atoms with van der Waals surface area (Å²) in [4.78, 5) is 10.7. The quantitative estimate of drug-likeness (QED) is 0.440. The molecule has 4 heteroatoms. The first-order valence-electron chi connectivity index (χ1n) is 1.77. The number of aromatic nitrogens is 1. The molecular formula is C3H7NO2Si. The zero-order chi connectivity index (χ0) is 5.54. The molecule has 0 radical (unpaired) electrons. The van der Waals surface area contributed by atoms with Crippen molar-refractivity contribution in [2.24, 2.45) is 0 Å². The predicted molar refractivity (Wildman–Crippen MR) is 28.7 cm³/mol. The van der Waals surface area contributed by atoms with Gasteiger partial charge >= 0.3 is 0 Å². The van der Waals surface area contributed by atoms with E-state index in [1.807, 2.05) is 0 Å². The van der Waals surface area contributed by atoms with Crippen LogP contribution in [0.4, 0.5) is 0 Å². The second kappa shape index (κ2) is 5.39. The summed E-state index contributed by atoms with van der Waals surface area (Å²) in [5, 5.41) is 0. The van der Waals surface area contributed by atoms with Crippen molar-refractivity contribution in [2.45, 2.75) is 0 Å². The molecule has 3 nitrogen and oxygen atoms in total. The maximum absolute atomic E-state index is 7.14. The Labute approximate surface area is 44.5 Å². The molecule has 40 valence electrons. The Morgan fingerprint density at radius 3 is 2.43 bits per heavy atom. The topological polar surface area (TPSA) is 46.3 Å². The largest absolute Gasteiger partial charge is 0.452 e. The van der Waals surface area contributed by atoms with Gasteiger partial charge < -0.3 is 9.21 Å². The molecule has 0 aromatic carbocycles. The van der Waals surface area contributed by atoms with Crippen LogP contribution in [0.25, 0.3) is 0 Å². The summed E-state index contributed by atoms with van der Waals surface area (Å²) in [6.45, 7) is 0. The molecule has 0 saturated heterocycles. The lowest BCUT2D eigenvalue weighted by Gasteiger charge is -1.47. The van der Waals surface area contributed by atoms with E-state index in [4.69, 9.17) is 4.80 Å². The Morgan fingerprint density at radius 1 is 1.57 bits per heavy atom. The molecule has 1 aromatic heterocycles. The van der Waals surface area contributed by atoms with Crippen molar-refractivity contribution < 1.29 is 9.21 Å². The van der Waals surface area contributed by atoms with Gasteiger partial charge in [-0.1, -0.05) is 0 Å². The summed E-state index contributed by atoms with van der Waals surface area (Å²) in [7, 11) is 0.306. The van der Waals surface area contributed by atoms with E-state index < -0.39 is 0 Å². The van der Waals surface area contributed by atoms with Gasteiger partial charge in [0.05, 0.1) is 6.20 Å². The van der Waals surface area contributed by atoms with Crippen LogP contribution < -0.4 is 0 Å². The van der Waals surface area contributed by atoms with E-state index in [2.05, 4.69) is 9.40 Å². The second-order valence-electron chi connectivity index (χ2n) is 0.676. The highest BCUT2D eigenvalue weighted by Crippen LogP contribution is 1.72. The number of hydrogen-bond donors (Lipinski definition) is 1. The van der Waals surface area contributed by atoms with E-state index in [1.165, 1.54) is 12.7 Å². The Kier molecular flexibility index (Phi) is 4.92. The smallest absolute Gasteiger partial charge is 0.180 e. The van der Waals surface area contributed by atoms with Gasteiger partial charge in [0.1, 0.15) is 16.7 Å². The van der Waals surface area contributed by atoms with Gasteiger partial charge in [-0.05, 0) is 0 Å². The molecule has 0 aliphatic carbocycles. The Bertz CT molecular complexity index is 69.4. The van der Waals surface area contributed by atoms with Crippen LogP contribution in [-0.4, -0.2) is 20.3 Å². The highest BCUT2D eigenvalue weighted by atomic mass is 28.2. The van der Waals surface area contributed by atoms with Gasteiger partial charge in [0.25, 0.3) is 0 Å². The van der Waals surface area contributed by atoms with Crippen molar-refractivity contribution in [3.8, 4) is 0 Å². The molecule has 0 fully saturated rings. The summed E-state index contributed by atoms with van der Waals surface area (Å²) in [5.41, 5.74) is 0. The molecule has 0 aliphatic heterocycles. The van der Waals surface area contributed by atoms with Crippen LogP contribution in [0.5, 0.6) is 0 Å². The summed E-state index contributed by atoms with van der Waals surface area (Å²) in [6, 6.07) is 0. The van der Waals surface area contributed by atoms with E-state index in [0.29, 0.717) is 10.5 Å². The molecule has 0 aliphatic rings. The van der Waals surface area contributed by atoms with Gasteiger partial charge in [0.2, 0.25) is 0 Å². The molecule has 1 aromatic rings. The van der Waals surface area contributed by atoms with Crippen molar-refractivity contribution in [2.75, 3.05) is 0 Å². The fourth-order valence-electron chi connectivity index (χ4n) is 0.176. The van der Waals surface area contributed by atoms with Crippen LogP contribution in [0.2, 0.25) is 0 Å². The molecule has 1 rings (SSSR count). The molecule has 0 atom stereocenters. The zero-order valence-electron chi connectivity index (χ0n) is 4.03. The number of rotatable bonds is 0. The van der Waals surface area contributed by atoms with Gasteiger partial charge in [-0.2, -0.15) is 0 Å². The number of oxazole rings is 1. The average Bonchev–Trinajstić information content (AvgIpc) is 2.23. The van der Waals surface area contributed by atoms with Crippen LogP contribution >= 0.6 is 0 Å². The average molecular weight is 117 g/mol. The molecule has 1 N–H and O–H groups in total. The minimum Gasteiger partial charge on any atom is -0.452 e. The molecule has 1 heterocycles. The van der Waals surface area contributed by atoms with E-state index >= 15 is 0 Å². The van der Waals surface area contributed by atoms with Gasteiger partial charge in [-0.25, -0.2) is 4.98 Å². The van der Waals surface area contributed by atoms with Crippen molar-refractivity contribution in [1.29, 1.82) is 0 Å². The first-order valence-corrected chi connectivity index (χ1v) is 2.66. The summed E-state index contributed by atoms with van der Waals surface area (Å²) >= 11 is 0. The number of nitrogens with zero attached hydrogens (tertiary/aromatic N) is 1. The van der Waals surface area contributed by atoms with Crippen LogP contribution in [0.3, 0.4) is 0 Å². The Morgan fingerprint density at radius 2 is 2.29 bits per heavy atom. The van der Waals surface area contributed by atoms with Crippen LogP contribution in [-0.2, 0) is 0 Å². The monoisotopic (exact) mass is 117 g/mol. The fraction of sp³-hybridized carbons (Fsp3) is 0. The number of hydrogen-bond acceptors (Lipinski definition) is 3. The lowest BCUT2D eigenvalue weighted by molar-refractivity contribution is 0.558. The molecule has 0 bridgehead atoms. The van der Waals surface area contributed by atoms with Gasteiger partial charge in [-0.3, -0.25) is 0 Å². The lowest BCUT2D eigenvalue weighted by Crippen LogP contribution is -1.38. The summed E-state index contributed by atoms with van der Waals surface area (Å²) in [6.07, 6.45) is 4.47. The fourth-order valence-corrected chi connectivity index (χ4v) is 0.176. The van der Waals surface area contributed by atoms with Gasteiger partial charge in [0.15, 0.2) is 6.39 Å². The maximum atomic E-state index is 7.14. The lowest BCUT2D eigenvalue weighted by atomic mass is 11.0. The first kappa shape index (κ1) is 6.39.